The Morgan fingerprint density at radius 1 is 1.17 bits per heavy atom. The molecule has 1 fully saturated rings. The van der Waals surface area contributed by atoms with Crippen LogP contribution in [0.25, 0.3) is 11.2 Å². The molecule has 5 heteroatoms. The van der Waals surface area contributed by atoms with Gasteiger partial charge in [0.1, 0.15) is 5.82 Å². The molecule has 0 radical (unpaired) electrons. The minimum Gasteiger partial charge on any atom is -0.320 e. The van der Waals surface area contributed by atoms with Crippen LogP contribution < -0.4 is 5.56 Å². The van der Waals surface area contributed by atoms with Crippen LogP contribution in [0.2, 0.25) is 0 Å². The lowest BCUT2D eigenvalue weighted by Crippen LogP contribution is -2.16. The fraction of sp³-hybridized carbons (Fsp3) is 0.389. The monoisotopic (exact) mass is 308 g/mol. The van der Waals surface area contributed by atoms with E-state index in [2.05, 4.69) is 15.0 Å². The van der Waals surface area contributed by atoms with Crippen LogP contribution in [0.5, 0.6) is 0 Å². The van der Waals surface area contributed by atoms with Crippen LogP contribution in [0.1, 0.15) is 37.1 Å². The zero-order chi connectivity index (χ0) is 15.6. The number of fused-ring (bicyclic) bond motifs is 1. The molecule has 23 heavy (non-hydrogen) atoms. The number of rotatable bonds is 4. The molecule has 0 unspecified atom stereocenters. The van der Waals surface area contributed by atoms with Crippen LogP contribution in [0.15, 0.2) is 41.5 Å². The minimum absolute atomic E-state index is 0.0866. The highest BCUT2D eigenvalue weighted by Crippen LogP contribution is 2.27. The molecular weight excluding hydrogens is 288 g/mol. The number of imidazole rings is 1. The molecule has 2 aromatic heterocycles. The van der Waals surface area contributed by atoms with E-state index in [1.54, 1.807) is 6.33 Å². The fourth-order valence-electron chi connectivity index (χ4n) is 3.52. The molecule has 4 rings (SSSR count). The van der Waals surface area contributed by atoms with E-state index in [0.717, 1.165) is 17.8 Å². The van der Waals surface area contributed by atoms with Gasteiger partial charge < -0.3 is 9.55 Å². The summed E-state index contributed by atoms with van der Waals surface area (Å²) < 4.78 is 1.87. The quantitative estimate of drug-likeness (QED) is 0.806. The maximum atomic E-state index is 12.5. The SMILES string of the molecule is O=c1[nH]c(CC2CCCC2)nc2ncn(Cc3ccccc3)c12. The lowest BCUT2D eigenvalue weighted by molar-refractivity contribution is 0.530. The first kappa shape index (κ1) is 14.2. The largest absolute Gasteiger partial charge is 0.320 e. The van der Waals surface area contributed by atoms with Gasteiger partial charge in [-0.1, -0.05) is 56.0 Å². The van der Waals surface area contributed by atoms with Crippen molar-refractivity contribution < 1.29 is 0 Å². The zero-order valence-corrected chi connectivity index (χ0v) is 13.0. The van der Waals surface area contributed by atoms with E-state index in [1.165, 1.54) is 25.7 Å². The summed E-state index contributed by atoms with van der Waals surface area (Å²) in [6.07, 6.45) is 7.63. The predicted octanol–water partition coefficient (Wildman–Crippen LogP) is 2.90. The summed E-state index contributed by atoms with van der Waals surface area (Å²) in [4.78, 5) is 24.4. The molecule has 2 heterocycles. The second-order valence-corrected chi connectivity index (χ2v) is 6.40. The second kappa shape index (κ2) is 5.99. The highest BCUT2D eigenvalue weighted by atomic mass is 16.1. The molecule has 0 saturated heterocycles. The van der Waals surface area contributed by atoms with Crippen LogP contribution in [0, 0.1) is 5.92 Å². The highest BCUT2D eigenvalue weighted by molar-refractivity contribution is 5.69. The topological polar surface area (TPSA) is 63.6 Å². The molecule has 0 atom stereocenters. The van der Waals surface area contributed by atoms with Crippen molar-refractivity contribution in [3.05, 3.63) is 58.4 Å². The highest BCUT2D eigenvalue weighted by Gasteiger charge is 2.18. The standard InChI is InChI=1S/C18H20N4O/c23-18-16-17(20-15(21-18)10-13-6-4-5-7-13)19-12-22(16)11-14-8-2-1-3-9-14/h1-3,8-9,12-13H,4-7,10-11H2,(H,20,21,23). The van der Waals surface area contributed by atoms with Crippen LogP contribution in [-0.4, -0.2) is 19.5 Å². The summed E-state index contributed by atoms with van der Waals surface area (Å²) in [5, 5.41) is 0. The third-order valence-electron chi connectivity index (χ3n) is 4.68. The van der Waals surface area contributed by atoms with E-state index in [-0.39, 0.29) is 5.56 Å². The summed E-state index contributed by atoms with van der Waals surface area (Å²) in [7, 11) is 0. The maximum absolute atomic E-state index is 12.5. The predicted molar refractivity (Wildman–Crippen MR) is 89.4 cm³/mol. The van der Waals surface area contributed by atoms with E-state index in [4.69, 9.17) is 0 Å². The molecule has 1 aromatic carbocycles. The van der Waals surface area contributed by atoms with Gasteiger partial charge in [0.2, 0.25) is 0 Å². The Hall–Kier alpha value is -2.43. The van der Waals surface area contributed by atoms with Crippen molar-refractivity contribution >= 4 is 11.2 Å². The first-order valence-corrected chi connectivity index (χ1v) is 8.27. The Labute approximate surface area is 134 Å². The van der Waals surface area contributed by atoms with Crippen LogP contribution in [0.3, 0.4) is 0 Å². The van der Waals surface area contributed by atoms with Crippen LogP contribution in [0.4, 0.5) is 0 Å². The van der Waals surface area contributed by atoms with Gasteiger partial charge in [0.05, 0.1) is 6.33 Å². The molecule has 1 aliphatic carbocycles. The Kier molecular flexibility index (Phi) is 3.69. The summed E-state index contributed by atoms with van der Waals surface area (Å²) in [6.45, 7) is 0.629. The molecule has 0 aliphatic heterocycles. The number of aromatic amines is 1. The lowest BCUT2D eigenvalue weighted by atomic mass is 10.0. The molecule has 0 amide bonds. The summed E-state index contributed by atoms with van der Waals surface area (Å²) in [6, 6.07) is 10.1. The van der Waals surface area contributed by atoms with E-state index in [1.807, 2.05) is 34.9 Å². The third kappa shape index (κ3) is 2.91. The van der Waals surface area contributed by atoms with Crippen molar-refractivity contribution in [1.29, 1.82) is 0 Å². The Morgan fingerprint density at radius 3 is 2.74 bits per heavy atom. The van der Waals surface area contributed by atoms with Crippen molar-refractivity contribution in [2.45, 2.75) is 38.6 Å². The Balaban J connectivity index is 1.65. The number of H-pyrrole nitrogens is 1. The number of hydrogen-bond donors (Lipinski definition) is 1. The number of hydrogen-bond acceptors (Lipinski definition) is 3. The summed E-state index contributed by atoms with van der Waals surface area (Å²) in [5.74, 6) is 1.43. The van der Waals surface area contributed by atoms with Crippen LogP contribution >= 0.6 is 0 Å². The van der Waals surface area contributed by atoms with Gasteiger partial charge in [-0.15, -0.1) is 0 Å². The summed E-state index contributed by atoms with van der Waals surface area (Å²) in [5.41, 5.74) is 2.17. The summed E-state index contributed by atoms with van der Waals surface area (Å²) >= 11 is 0. The first-order valence-electron chi connectivity index (χ1n) is 8.27. The smallest absolute Gasteiger partial charge is 0.277 e. The first-order chi connectivity index (χ1) is 11.3. The van der Waals surface area contributed by atoms with E-state index in [0.29, 0.717) is 23.6 Å². The van der Waals surface area contributed by atoms with Crippen molar-refractivity contribution in [2.24, 2.45) is 5.92 Å². The van der Waals surface area contributed by atoms with Gasteiger partial charge >= 0.3 is 0 Å². The van der Waals surface area contributed by atoms with Gasteiger partial charge in [0.25, 0.3) is 5.56 Å². The van der Waals surface area contributed by atoms with Gasteiger partial charge in [0.15, 0.2) is 11.2 Å². The molecule has 5 nitrogen and oxygen atoms in total. The van der Waals surface area contributed by atoms with Crippen molar-refractivity contribution in [3.8, 4) is 0 Å². The average molecular weight is 308 g/mol. The van der Waals surface area contributed by atoms with Gasteiger partial charge in [-0.25, -0.2) is 9.97 Å². The second-order valence-electron chi connectivity index (χ2n) is 6.40. The van der Waals surface area contributed by atoms with Crippen LogP contribution in [-0.2, 0) is 13.0 Å². The minimum atomic E-state index is -0.0866. The van der Waals surface area contributed by atoms with Gasteiger partial charge in [-0.2, -0.15) is 0 Å². The number of aromatic nitrogens is 4. The van der Waals surface area contributed by atoms with Crippen molar-refractivity contribution in [1.82, 2.24) is 19.5 Å². The van der Waals surface area contributed by atoms with E-state index >= 15 is 0 Å². The maximum Gasteiger partial charge on any atom is 0.277 e. The molecule has 0 bridgehead atoms. The molecule has 1 saturated carbocycles. The fourth-order valence-corrected chi connectivity index (χ4v) is 3.52. The van der Waals surface area contributed by atoms with Crippen molar-refractivity contribution in [2.75, 3.05) is 0 Å². The normalized spacial score (nSPS) is 15.5. The Morgan fingerprint density at radius 2 is 1.96 bits per heavy atom. The molecule has 1 aliphatic rings. The Bertz CT molecular complexity index is 860. The van der Waals surface area contributed by atoms with Crippen molar-refractivity contribution in [3.63, 3.8) is 0 Å². The average Bonchev–Trinajstić information content (AvgIpc) is 3.19. The lowest BCUT2D eigenvalue weighted by Gasteiger charge is -2.08. The molecule has 0 spiro atoms. The molecule has 1 N–H and O–H groups in total. The molecular formula is C18H20N4O. The van der Waals surface area contributed by atoms with Gasteiger partial charge in [-0.05, 0) is 11.5 Å². The third-order valence-corrected chi connectivity index (χ3v) is 4.68. The van der Waals surface area contributed by atoms with E-state index in [9.17, 15) is 4.79 Å². The van der Waals surface area contributed by atoms with E-state index < -0.39 is 0 Å². The number of nitrogens with zero attached hydrogens (tertiary/aromatic N) is 3. The van der Waals surface area contributed by atoms with Gasteiger partial charge in [0, 0.05) is 13.0 Å². The molecule has 3 aromatic rings. The zero-order valence-electron chi connectivity index (χ0n) is 13.0. The number of benzene rings is 1. The molecule has 118 valence electrons. The number of nitrogens with one attached hydrogen (secondary N) is 1. The van der Waals surface area contributed by atoms with Gasteiger partial charge in [-0.3, -0.25) is 4.79 Å².